The van der Waals surface area contributed by atoms with Crippen molar-refractivity contribution in [2.45, 2.75) is 32.1 Å². The molecular formula is C12H19NS. The van der Waals surface area contributed by atoms with E-state index in [0.717, 1.165) is 17.4 Å². The van der Waals surface area contributed by atoms with E-state index < -0.39 is 0 Å². The SMILES string of the molecule is CCC(C)CSc1cc(C)ccc1N. The zero-order valence-electron chi connectivity index (χ0n) is 9.21. The molecule has 2 heteroatoms. The fourth-order valence-corrected chi connectivity index (χ4v) is 2.32. The molecule has 0 saturated heterocycles. The number of rotatable bonds is 4. The molecule has 14 heavy (non-hydrogen) atoms. The number of aryl methyl sites for hydroxylation is 1. The molecule has 0 amide bonds. The van der Waals surface area contributed by atoms with Gasteiger partial charge in [0.15, 0.2) is 0 Å². The molecule has 0 aromatic heterocycles. The van der Waals surface area contributed by atoms with E-state index in [1.54, 1.807) is 0 Å². The quantitative estimate of drug-likeness (QED) is 0.604. The highest BCUT2D eigenvalue weighted by Gasteiger charge is 2.03. The second-order valence-corrected chi connectivity index (χ2v) is 4.93. The third-order valence-electron chi connectivity index (χ3n) is 2.39. The van der Waals surface area contributed by atoms with Gasteiger partial charge in [0.25, 0.3) is 0 Å². The number of thioether (sulfide) groups is 1. The molecule has 1 unspecified atom stereocenters. The zero-order chi connectivity index (χ0) is 10.6. The van der Waals surface area contributed by atoms with Gasteiger partial charge in [-0.15, -0.1) is 11.8 Å². The van der Waals surface area contributed by atoms with Gasteiger partial charge in [0.05, 0.1) is 0 Å². The molecule has 1 aromatic carbocycles. The van der Waals surface area contributed by atoms with Crippen LogP contribution in [0.15, 0.2) is 23.1 Å². The zero-order valence-corrected chi connectivity index (χ0v) is 10.0. The van der Waals surface area contributed by atoms with Gasteiger partial charge in [0.1, 0.15) is 0 Å². The Morgan fingerprint density at radius 2 is 2.14 bits per heavy atom. The van der Waals surface area contributed by atoms with Crippen LogP contribution in [0.4, 0.5) is 5.69 Å². The lowest BCUT2D eigenvalue weighted by atomic mass is 10.2. The summed E-state index contributed by atoms with van der Waals surface area (Å²) in [5.41, 5.74) is 8.09. The number of hydrogen-bond acceptors (Lipinski definition) is 2. The fourth-order valence-electron chi connectivity index (χ4n) is 1.12. The van der Waals surface area contributed by atoms with E-state index in [0.29, 0.717) is 0 Å². The summed E-state index contributed by atoms with van der Waals surface area (Å²) in [6.45, 7) is 6.61. The second-order valence-electron chi connectivity index (χ2n) is 3.87. The normalized spacial score (nSPS) is 12.8. The smallest absolute Gasteiger partial charge is 0.0452 e. The molecule has 0 fully saturated rings. The lowest BCUT2D eigenvalue weighted by Crippen LogP contribution is -1.97. The van der Waals surface area contributed by atoms with Crippen molar-refractivity contribution in [3.8, 4) is 0 Å². The second kappa shape index (κ2) is 5.30. The van der Waals surface area contributed by atoms with Gasteiger partial charge < -0.3 is 5.73 Å². The highest BCUT2D eigenvalue weighted by atomic mass is 32.2. The van der Waals surface area contributed by atoms with Gasteiger partial charge in [-0.25, -0.2) is 0 Å². The molecule has 0 heterocycles. The van der Waals surface area contributed by atoms with Gasteiger partial charge in [-0.3, -0.25) is 0 Å². The minimum absolute atomic E-state index is 0.764. The van der Waals surface area contributed by atoms with Crippen LogP contribution in [0.2, 0.25) is 0 Å². The third-order valence-corrected chi connectivity index (χ3v) is 3.79. The molecular weight excluding hydrogens is 190 g/mol. The van der Waals surface area contributed by atoms with Crippen LogP contribution in [0, 0.1) is 12.8 Å². The standard InChI is InChI=1S/C12H19NS/c1-4-9(2)8-14-12-7-10(3)5-6-11(12)13/h5-7,9H,4,8,13H2,1-3H3. The first kappa shape index (κ1) is 11.4. The molecule has 0 saturated carbocycles. The molecule has 2 N–H and O–H groups in total. The highest BCUT2D eigenvalue weighted by molar-refractivity contribution is 7.99. The molecule has 0 bridgehead atoms. The van der Waals surface area contributed by atoms with Crippen LogP contribution < -0.4 is 5.73 Å². The highest BCUT2D eigenvalue weighted by Crippen LogP contribution is 2.28. The van der Waals surface area contributed by atoms with Gasteiger partial charge in [-0.05, 0) is 30.5 Å². The third kappa shape index (κ3) is 3.26. The van der Waals surface area contributed by atoms with Crippen LogP contribution in [-0.2, 0) is 0 Å². The van der Waals surface area contributed by atoms with Crippen LogP contribution in [0.3, 0.4) is 0 Å². The molecule has 1 aromatic rings. The Labute approximate surface area is 91.1 Å². The molecule has 0 aliphatic rings. The van der Waals surface area contributed by atoms with Crippen molar-refractivity contribution in [3.63, 3.8) is 0 Å². The first-order valence-electron chi connectivity index (χ1n) is 5.12. The maximum Gasteiger partial charge on any atom is 0.0452 e. The number of nitrogen functional groups attached to an aromatic ring is 1. The van der Waals surface area contributed by atoms with E-state index in [2.05, 4.69) is 32.9 Å². The van der Waals surface area contributed by atoms with Gasteiger partial charge in [0.2, 0.25) is 0 Å². The van der Waals surface area contributed by atoms with Crippen LogP contribution >= 0.6 is 11.8 Å². The Kier molecular flexibility index (Phi) is 4.33. The fraction of sp³-hybridized carbons (Fsp3) is 0.500. The number of nitrogens with two attached hydrogens (primary N) is 1. The molecule has 1 nitrogen and oxygen atoms in total. The predicted molar refractivity (Wildman–Crippen MR) is 65.8 cm³/mol. The van der Waals surface area contributed by atoms with E-state index >= 15 is 0 Å². The Hall–Kier alpha value is -0.630. The first-order chi connectivity index (χ1) is 6.63. The summed E-state index contributed by atoms with van der Waals surface area (Å²) >= 11 is 1.87. The van der Waals surface area contributed by atoms with Crippen LogP contribution in [0.5, 0.6) is 0 Å². The van der Waals surface area contributed by atoms with Crippen molar-refractivity contribution < 1.29 is 0 Å². The van der Waals surface area contributed by atoms with E-state index in [-0.39, 0.29) is 0 Å². The Bertz CT molecular complexity index is 296. The average Bonchev–Trinajstić information content (AvgIpc) is 2.19. The van der Waals surface area contributed by atoms with Gasteiger partial charge in [-0.1, -0.05) is 26.3 Å². The molecule has 0 radical (unpaired) electrons. The topological polar surface area (TPSA) is 26.0 Å². The lowest BCUT2D eigenvalue weighted by Gasteiger charge is -2.10. The summed E-state index contributed by atoms with van der Waals surface area (Å²) < 4.78 is 0. The van der Waals surface area contributed by atoms with Crippen LogP contribution in [0.1, 0.15) is 25.8 Å². The summed E-state index contributed by atoms with van der Waals surface area (Å²) in [6.07, 6.45) is 1.23. The van der Waals surface area contributed by atoms with Crippen molar-refractivity contribution in [2.24, 2.45) is 5.92 Å². The summed E-state index contributed by atoms with van der Waals surface area (Å²) in [5, 5.41) is 0. The summed E-state index contributed by atoms with van der Waals surface area (Å²) in [7, 11) is 0. The summed E-state index contributed by atoms with van der Waals surface area (Å²) in [5.74, 6) is 1.92. The Balaban J connectivity index is 2.62. The molecule has 0 aliphatic heterocycles. The predicted octanol–water partition coefficient (Wildman–Crippen LogP) is 3.72. The average molecular weight is 209 g/mol. The van der Waals surface area contributed by atoms with Crippen molar-refractivity contribution in [1.82, 2.24) is 0 Å². The van der Waals surface area contributed by atoms with Gasteiger partial charge >= 0.3 is 0 Å². The summed E-state index contributed by atoms with van der Waals surface area (Å²) in [6, 6.07) is 6.22. The number of anilines is 1. The van der Waals surface area contributed by atoms with Crippen molar-refractivity contribution >= 4 is 17.4 Å². The Morgan fingerprint density at radius 1 is 1.43 bits per heavy atom. The number of benzene rings is 1. The molecule has 0 spiro atoms. The van der Waals surface area contributed by atoms with Crippen LogP contribution in [0.25, 0.3) is 0 Å². The Morgan fingerprint density at radius 3 is 2.79 bits per heavy atom. The van der Waals surface area contributed by atoms with Gasteiger partial charge in [0, 0.05) is 16.3 Å². The minimum Gasteiger partial charge on any atom is -0.398 e. The molecule has 78 valence electrons. The van der Waals surface area contributed by atoms with Gasteiger partial charge in [-0.2, -0.15) is 0 Å². The monoisotopic (exact) mass is 209 g/mol. The molecule has 0 aliphatic carbocycles. The largest absolute Gasteiger partial charge is 0.398 e. The number of hydrogen-bond donors (Lipinski definition) is 1. The van der Waals surface area contributed by atoms with Crippen LogP contribution in [-0.4, -0.2) is 5.75 Å². The first-order valence-corrected chi connectivity index (χ1v) is 6.11. The van der Waals surface area contributed by atoms with E-state index in [9.17, 15) is 0 Å². The van der Waals surface area contributed by atoms with E-state index in [4.69, 9.17) is 5.73 Å². The van der Waals surface area contributed by atoms with Crippen molar-refractivity contribution in [1.29, 1.82) is 0 Å². The molecule has 1 rings (SSSR count). The van der Waals surface area contributed by atoms with E-state index in [1.807, 2.05) is 17.8 Å². The minimum atomic E-state index is 0.764. The summed E-state index contributed by atoms with van der Waals surface area (Å²) in [4.78, 5) is 1.23. The lowest BCUT2D eigenvalue weighted by molar-refractivity contribution is 0.637. The van der Waals surface area contributed by atoms with Crippen molar-refractivity contribution in [3.05, 3.63) is 23.8 Å². The van der Waals surface area contributed by atoms with Crippen molar-refractivity contribution in [2.75, 3.05) is 11.5 Å². The maximum atomic E-state index is 5.90. The van der Waals surface area contributed by atoms with E-state index in [1.165, 1.54) is 16.9 Å². The molecule has 1 atom stereocenters. The maximum absolute atomic E-state index is 5.90.